The van der Waals surface area contributed by atoms with Crippen molar-refractivity contribution in [3.63, 3.8) is 0 Å². The second kappa shape index (κ2) is 9.96. The van der Waals surface area contributed by atoms with Gasteiger partial charge < -0.3 is 14.2 Å². The van der Waals surface area contributed by atoms with Gasteiger partial charge in [0.25, 0.3) is 6.36 Å². The molecule has 0 radical (unpaired) electrons. The van der Waals surface area contributed by atoms with Crippen LogP contribution in [0.5, 0.6) is 17.2 Å². The Labute approximate surface area is 172 Å². The second-order valence-corrected chi connectivity index (χ2v) is 6.45. The lowest BCUT2D eigenvalue weighted by atomic mass is 10.1. The monoisotopic (exact) mass is 418 g/mol. The zero-order valence-corrected chi connectivity index (χ0v) is 16.5. The maximum atomic E-state index is 13.5. The first kappa shape index (κ1) is 21.4. The standard InChI is InChI=1S/C22H21F3N2O3/c1-28-16-7-3-14(4-8-16)11-18-19(30-22(25)21(23)24)13-26-20(27-18)12-15-5-9-17(29-2)10-6-15/h3-10,13,21-22H,11-12H2,1-2H3. The van der Waals surface area contributed by atoms with Crippen LogP contribution in [0.1, 0.15) is 22.6 Å². The van der Waals surface area contributed by atoms with Crippen LogP contribution in [0, 0.1) is 0 Å². The molecule has 0 amide bonds. The third-order valence-corrected chi connectivity index (χ3v) is 4.37. The molecule has 0 aliphatic rings. The Morgan fingerprint density at radius 3 is 1.83 bits per heavy atom. The summed E-state index contributed by atoms with van der Waals surface area (Å²) in [6.07, 6.45) is -4.12. The van der Waals surface area contributed by atoms with Crippen molar-refractivity contribution >= 4 is 0 Å². The molecule has 0 saturated heterocycles. The van der Waals surface area contributed by atoms with Gasteiger partial charge in [0, 0.05) is 12.8 Å². The summed E-state index contributed by atoms with van der Waals surface area (Å²) in [5.74, 6) is 1.75. The van der Waals surface area contributed by atoms with E-state index < -0.39 is 12.8 Å². The van der Waals surface area contributed by atoms with Gasteiger partial charge in [-0.15, -0.1) is 0 Å². The van der Waals surface area contributed by atoms with Crippen molar-refractivity contribution in [2.24, 2.45) is 0 Å². The van der Waals surface area contributed by atoms with Gasteiger partial charge in [0.05, 0.1) is 26.1 Å². The molecule has 2 aromatic carbocycles. The molecule has 8 heteroatoms. The van der Waals surface area contributed by atoms with E-state index in [-0.39, 0.29) is 12.2 Å². The quantitative estimate of drug-likeness (QED) is 0.508. The smallest absolute Gasteiger partial charge is 0.304 e. The SMILES string of the molecule is COc1ccc(Cc2ncc(OC(F)C(F)F)c(Cc3ccc(OC)cc3)n2)cc1. The maximum Gasteiger partial charge on any atom is 0.304 e. The van der Waals surface area contributed by atoms with E-state index >= 15 is 0 Å². The van der Waals surface area contributed by atoms with Crippen LogP contribution in [-0.4, -0.2) is 37.0 Å². The number of nitrogens with zero attached hydrogens (tertiary/aromatic N) is 2. The Morgan fingerprint density at radius 2 is 1.33 bits per heavy atom. The molecule has 0 fully saturated rings. The van der Waals surface area contributed by atoms with Crippen LogP contribution in [0.3, 0.4) is 0 Å². The molecule has 30 heavy (non-hydrogen) atoms. The maximum absolute atomic E-state index is 13.5. The average Bonchev–Trinajstić information content (AvgIpc) is 2.76. The van der Waals surface area contributed by atoms with E-state index in [4.69, 9.17) is 14.2 Å². The predicted molar refractivity (Wildman–Crippen MR) is 105 cm³/mol. The van der Waals surface area contributed by atoms with E-state index in [9.17, 15) is 13.2 Å². The Morgan fingerprint density at radius 1 is 0.800 bits per heavy atom. The fourth-order valence-corrected chi connectivity index (χ4v) is 2.79. The summed E-state index contributed by atoms with van der Waals surface area (Å²) in [4.78, 5) is 8.61. The number of ether oxygens (including phenoxy) is 3. The van der Waals surface area contributed by atoms with Gasteiger partial charge in [0.2, 0.25) is 0 Å². The molecular weight excluding hydrogens is 397 g/mol. The van der Waals surface area contributed by atoms with E-state index in [1.807, 2.05) is 36.4 Å². The van der Waals surface area contributed by atoms with E-state index in [0.29, 0.717) is 23.7 Å². The molecule has 0 bridgehead atoms. The van der Waals surface area contributed by atoms with E-state index in [1.165, 1.54) is 6.20 Å². The Hall–Kier alpha value is -3.29. The van der Waals surface area contributed by atoms with Crippen LogP contribution in [0.4, 0.5) is 13.2 Å². The number of rotatable bonds is 9. The van der Waals surface area contributed by atoms with Crippen LogP contribution >= 0.6 is 0 Å². The van der Waals surface area contributed by atoms with Gasteiger partial charge in [-0.3, -0.25) is 0 Å². The molecule has 1 atom stereocenters. The molecule has 5 nitrogen and oxygen atoms in total. The number of methoxy groups -OCH3 is 2. The lowest BCUT2D eigenvalue weighted by Gasteiger charge is -2.14. The molecule has 0 aliphatic heterocycles. The second-order valence-electron chi connectivity index (χ2n) is 6.45. The van der Waals surface area contributed by atoms with Crippen molar-refractivity contribution in [2.45, 2.75) is 25.6 Å². The lowest BCUT2D eigenvalue weighted by Crippen LogP contribution is -2.21. The van der Waals surface area contributed by atoms with Crippen molar-refractivity contribution in [1.82, 2.24) is 9.97 Å². The summed E-state index contributed by atoms with van der Waals surface area (Å²) < 4.78 is 53.8. The molecule has 1 unspecified atom stereocenters. The van der Waals surface area contributed by atoms with Crippen molar-refractivity contribution < 1.29 is 27.4 Å². The van der Waals surface area contributed by atoms with Gasteiger partial charge in [0.15, 0.2) is 5.75 Å². The van der Waals surface area contributed by atoms with Gasteiger partial charge in [-0.25, -0.2) is 18.7 Å². The molecule has 158 valence electrons. The molecule has 1 heterocycles. The Kier molecular flexibility index (Phi) is 7.11. The van der Waals surface area contributed by atoms with Gasteiger partial charge in [-0.05, 0) is 35.4 Å². The van der Waals surface area contributed by atoms with Crippen molar-refractivity contribution in [3.8, 4) is 17.2 Å². The molecule has 0 N–H and O–H groups in total. The summed E-state index contributed by atoms with van der Waals surface area (Å²) in [5.41, 5.74) is 2.10. The fraction of sp³-hybridized carbons (Fsp3) is 0.273. The number of halogens is 3. The first-order valence-corrected chi connectivity index (χ1v) is 9.18. The van der Waals surface area contributed by atoms with Crippen LogP contribution in [0.2, 0.25) is 0 Å². The minimum Gasteiger partial charge on any atom is -0.497 e. The minimum absolute atomic E-state index is 0.114. The van der Waals surface area contributed by atoms with E-state index in [0.717, 1.165) is 16.9 Å². The molecule has 0 saturated carbocycles. The third kappa shape index (κ3) is 5.62. The van der Waals surface area contributed by atoms with E-state index in [1.54, 1.807) is 26.4 Å². The molecule has 3 rings (SSSR count). The number of aromatic nitrogens is 2. The minimum atomic E-state index is -3.27. The van der Waals surface area contributed by atoms with Crippen molar-refractivity contribution in [3.05, 3.63) is 77.4 Å². The number of hydrogen-bond acceptors (Lipinski definition) is 5. The normalized spacial score (nSPS) is 11.9. The summed E-state index contributed by atoms with van der Waals surface area (Å²) in [6, 6.07) is 14.6. The van der Waals surface area contributed by atoms with Gasteiger partial charge in [0.1, 0.15) is 17.3 Å². The molecular formula is C22H21F3N2O3. The predicted octanol–water partition coefficient (Wildman–Crippen LogP) is 4.61. The number of alkyl halides is 3. The third-order valence-electron chi connectivity index (χ3n) is 4.37. The Balaban J connectivity index is 1.86. The molecule has 1 aromatic heterocycles. The number of hydrogen-bond donors (Lipinski definition) is 0. The van der Waals surface area contributed by atoms with Crippen LogP contribution in [0.25, 0.3) is 0 Å². The van der Waals surface area contributed by atoms with Crippen LogP contribution < -0.4 is 14.2 Å². The fourth-order valence-electron chi connectivity index (χ4n) is 2.79. The molecule has 0 aliphatic carbocycles. The first-order valence-electron chi connectivity index (χ1n) is 9.18. The highest BCUT2D eigenvalue weighted by molar-refractivity contribution is 5.35. The summed E-state index contributed by atoms with van der Waals surface area (Å²) in [7, 11) is 3.14. The van der Waals surface area contributed by atoms with Crippen LogP contribution in [0.15, 0.2) is 54.7 Å². The van der Waals surface area contributed by atoms with Gasteiger partial charge >= 0.3 is 6.43 Å². The largest absolute Gasteiger partial charge is 0.497 e. The van der Waals surface area contributed by atoms with Crippen molar-refractivity contribution in [1.29, 1.82) is 0 Å². The first-order chi connectivity index (χ1) is 14.5. The zero-order valence-electron chi connectivity index (χ0n) is 16.5. The lowest BCUT2D eigenvalue weighted by molar-refractivity contribution is -0.0676. The molecule has 0 spiro atoms. The van der Waals surface area contributed by atoms with Crippen molar-refractivity contribution in [2.75, 3.05) is 14.2 Å². The Bertz CT molecular complexity index is 951. The van der Waals surface area contributed by atoms with E-state index in [2.05, 4.69) is 9.97 Å². The average molecular weight is 418 g/mol. The number of benzene rings is 2. The van der Waals surface area contributed by atoms with Gasteiger partial charge in [-0.1, -0.05) is 24.3 Å². The van der Waals surface area contributed by atoms with Gasteiger partial charge in [-0.2, -0.15) is 4.39 Å². The summed E-state index contributed by atoms with van der Waals surface area (Å²) in [6.45, 7) is 0. The highest BCUT2D eigenvalue weighted by atomic mass is 19.3. The molecule has 3 aromatic rings. The highest BCUT2D eigenvalue weighted by Crippen LogP contribution is 2.24. The zero-order chi connectivity index (χ0) is 21.5. The van der Waals surface area contributed by atoms with Crippen LogP contribution in [-0.2, 0) is 12.8 Å². The highest BCUT2D eigenvalue weighted by Gasteiger charge is 2.23. The summed E-state index contributed by atoms with van der Waals surface area (Å²) >= 11 is 0. The topological polar surface area (TPSA) is 53.5 Å². The summed E-state index contributed by atoms with van der Waals surface area (Å²) in [5, 5.41) is 0.